The van der Waals surface area contributed by atoms with Crippen LogP contribution in [0.15, 0.2) is 58.2 Å². The smallest absolute Gasteiger partial charge is 0.277 e. The molecule has 0 spiro atoms. The summed E-state index contributed by atoms with van der Waals surface area (Å²) in [6.45, 7) is 0. The van der Waals surface area contributed by atoms with E-state index >= 15 is 0 Å². The molecule has 0 amide bonds. The van der Waals surface area contributed by atoms with Crippen LogP contribution in [0.25, 0.3) is 11.5 Å². The predicted molar refractivity (Wildman–Crippen MR) is 93.5 cm³/mol. The van der Waals surface area contributed by atoms with E-state index in [-0.39, 0.29) is 0 Å². The van der Waals surface area contributed by atoms with Crippen molar-refractivity contribution in [2.75, 3.05) is 0 Å². The molecule has 0 unspecified atom stereocenters. The number of hydrogen-bond acceptors (Lipinski definition) is 4. The first-order valence-corrected chi connectivity index (χ1v) is 8.61. The van der Waals surface area contributed by atoms with Crippen LogP contribution in [0.1, 0.15) is 5.56 Å². The number of nitrogens with zero attached hydrogens (tertiary/aromatic N) is 2. The molecule has 1 aromatic heterocycles. The lowest BCUT2D eigenvalue weighted by atomic mass is 10.2. The van der Waals surface area contributed by atoms with Crippen LogP contribution in [0.2, 0.25) is 5.02 Å². The van der Waals surface area contributed by atoms with E-state index in [9.17, 15) is 0 Å². The van der Waals surface area contributed by atoms with Crippen LogP contribution >= 0.6 is 46.0 Å². The minimum absolute atomic E-state index is 0.546. The van der Waals surface area contributed by atoms with Crippen molar-refractivity contribution in [3.8, 4) is 11.5 Å². The van der Waals surface area contributed by atoms with Crippen LogP contribution in [0.4, 0.5) is 0 Å². The lowest BCUT2D eigenvalue weighted by molar-refractivity contribution is 0.466. The summed E-state index contributed by atoms with van der Waals surface area (Å²) in [5, 5.41) is 9.45. The average Bonchev–Trinajstić information content (AvgIpc) is 2.96. The minimum atomic E-state index is 0.546. The summed E-state index contributed by atoms with van der Waals surface area (Å²) in [7, 11) is 0. The highest BCUT2D eigenvalue weighted by Gasteiger charge is 2.09. The Kier molecular flexibility index (Phi) is 4.82. The van der Waals surface area contributed by atoms with Gasteiger partial charge in [0.2, 0.25) is 5.89 Å². The second-order valence-corrected chi connectivity index (χ2v) is 6.90. The lowest BCUT2D eigenvalue weighted by Crippen LogP contribution is -1.79. The predicted octanol–water partition coefficient (Wildman–Crippen LogP) is 5.29. The molecule has 1 heterocycles. The highest BCUT2D eigenvalue weighted by molar-refractivity contribution is 14.1. The molecular weight excluding hydrogens is 419 g/mol. The summed E-state index contributed by atoms with van der Waals surface area (Å²) >= 11 is 9.64. The zero-order chi connectivity index (χ0) is 14.7. The largest absolute Gasteiger partial charge is 0.411 e. The first-order valence-electron chi connectivity index (χ1n) is 6.17. The van der Waals surface area contributed by atoms with Crippen LogP contribution < -0.4 is 0 Å². The number of benzene rings is 2. The molecule has 0 N–H and O–H groups in total. The van der Waals surface area contributed by atoms with Crippen LogP contribution in [0.3, 0.4) is 0 Å². The van der Waals surface area contributed by atoms with E-state index in [1.807, 2.05) is 48.5 Å². The van der Waals surface area contributed by atoms with Crippen molar-refractivity contribution in [1.29, 1.82) is 0 Å². The molecule has 0 fully saturated rings. The Hall–Kier alpha value is -1.05. The summed E-state index contributed by atoms with van der Waals surface area (Å²) in [6.07, 6.45) is 0. The SMILES string of the molecule is Clc1ccc(CSc2nnc(-c3ccc(I)cc3)o2)cc1. The van der Waals surface area contributed by atoms with E-state index in [0.29, 0.717) is 11.1 Å². The van der Waals surface area contributed by atoms with Crippen molar-refractivity contribution < 1.29 is 4.42 Å². The number of rotatable bonds is 4. The number of halogens is 2. The zero-order valence-electron chi connectivity index (χ0n) is 10.8. The van der Waals surface area contributed by atoms with Gasteiger partial charge in [0, 0.05) is 19.9 Å². The van der Waals surface area contributed by atoms with E-state index < -0.39 is 0 Å². The molecular formula is C15H10ClIN2OS. The maximum absolute atomic E-state index is 5.86. The van der Waals surface area contributed by atoms with E-state index in [4.69, 9.17) is 16.0 Å². The van der Waals surface area contributed by atoms with Crippen molar-refractivity contribution in [3.63, 3.8) is 0 Å². The van der Waals surface area contributed by atoms with Crippen LogP contribution in [0, 0.1) is 3.57 Å². The highest BCUT2D eigenvalue weighted by atomic mass is 127. The van der Waals surface area contributed by atoms with Gasteiger partial charge in [0.15, 0.2) is 0 Å². The van der Waals surface area contributed by atoms with E-state index in [2.05, 4.69) is 32.8 Å². The van der Waals surface area contributed by atoms with E-state index in [1.54, 1.807) is 0 Å². The summed E-state index contributed by atoms with van der Waals surface area (Å²) in [6, 6.07) is 15.7. The van der Waals surface area contributed by atoms with Crippen molar-refractivity contribution in [2.45, 2.75) is 11.0 Å². The van der Waals surface area contributed by atoms with Gasteiger partial charge in [-0.15, -0.1) is 10.2 Å². The van der Waals surface area contributed by atoms with E-state index in [0.717, 1.165) is 16.3 Å². The van der Waals surface area contributed by atoms with Gasteiger partial charge in [0.1, 0.15) is 0 Å². The van der Waals surface area contributed by atoms with Gasteiger partial charge >= 0.3 is 0 Å². The van der Waals surface area contributed by atoms with Crippen molar-refractivity contribution in [3.05, 3.63) is 62.7 Å². The van der Waals surface area contributed by atoms with Crippen LogP contribution in [-0.2, 0) is 5.75 Å². The Bertz CT molecular complexity index is 728. The summed E-state index contributed by atoms with van der Waals surface area (Å²) < 4.78 is 6.84. The topological polar surface area (TPSA) is 38.9 Å². The molecule has 2 aromatic carbocycles. The molecule has 6 heteroatoms. The van der Waals surface area contributed by atoms with Gasteiger partial charge in [-0.3, -0.25) is 0 Å². The lowest BCUT2D eigenvalue weighted by Gasteiger charge is -1.98. The Morgan fingerprint density at radius 3 is 2.43 bits per heavy atom. The second-order valence-electron chi connectivity index (χ2n) is 4.30. The summed E-state index contributed by atoms with van der Waals surface area (Å²) in [5.74, 6) is 1.32. The molecule has 0 aliphatic rings. The number of aromatic nitrogens is 2. The molecule has 0 radical (unpaired) electrons. The van der Waals surface area contributed by atoms with Gasteiger partial charge in [-0.1, -0.05) is 35.5 Å². The second kappa shape index (κ2) is 6.81. The zero-order valence-corrected chi connectivity index (χ0v) is 14.5. The van der Waals surface area contributed by atoms with Crippen LogP contribution in [0.5, 0.6) is 0 Å². The monoisotopic (exact) mass is 428 g/mol. The van der Waals surface area contributed by atoms with Gasteiger partial charge in [0.05, 0.1) is 0 Å². The molecule has 0 aliphatic heterocycles. The molecule has 3 rings (SSSR count). The Balaban J connectivity index is 1.67. The fourth-order valence-electron chi connectivity index (χ4n) is 1.70. The Morgan fingerprint density at radius 1 is 1.00 bits per heavy atom. The standard InChI is InChI=1S/C15H10ClIN2OS/c16-12-5-1-10(2-6-12)9-21-15-19-18-14(20-15)11-3-7-13(17)8-4-11/h1-8H,9H2. The molecule has 0 atom stereocenters. The van der Waals surface area contributed by atoms with Gasteiger partial charge < -0.3 is 4.42 Å². The molecule has 3 aromatic rings. The van der Waals surface area contributed by atoms with Gasteiger partial charge in [0.25, 0.3) is 5.22 Å². The Labute approximate surface area is 145 Å². The summed E-state index contributed by atoms with van der Waals surface area (Å²) in [5.41, 5.74) is 2.10. The fourth-order valence-corrected chi connectivity index (χ4v) is 2.91. The van der Waals surface area contributed by atoms with Crippen molar-refractivity contribution in [1.82, 2.24) is 10.2 Å². The third kappa shape index (κ3) is 3.99. The highest BCUT2D eigenvalue weighted by Crippen LogP contribution is 2.26. The number of hydrogen-bond donors (Lipinski definition) is 0. The quantitative estimate of drug-likeness (QED) is 0.418. The third-order valence-electron chi connectivity index (χ3n) is 2.77. The van der Waals surface area contributed by atoms with Gasteiger partial charge in [-0.2, -0.15) is 0 Å². The third-order valence-corrected chi connectivity index (χ3v) is 4.63. The maximum Gasteiger partial charge on any atom is 0.277 e. The maximum atomic E-state index is 5.86. The Morgan fingerprint density at radius 2 is 1.71 bits per heavy atom. The molecule has 0 aliphatic carbocycles. The first-order chi connectivity index (χ1) is 10.2. The van der Waals surface area contributed by atoms with Gasteiger partial charge in [-0.25, -0.2) is 0 Å². The molecule has 0 bridgehead atoms. The van der Waals surface area contributed by atoms with Crippen molar-refractivity contribution in [2.24, 2.45) is 0 Å². The van der Waals surface area contributed by atoms with Crippen LogP contribution in [-0.4, -0.2) is 10.2 Å². The van der Waals surface area contributed by atoms with E-state index in [1.165, 1.54) is 20.9 Å². The molecule has 0 saturated carbocycles. The number of thioether (sulfide) groups is 1. The van der Waals surface area contributed by atoms with Crippen molar-refractivity contribution >= 4 is 46.0 Å². The molecule has 106 valence electrons. The molecule has 3 nitrogen and oxygen atoms in total. The van der Waals surface area contributed by atoms with Gasteiger partial charge in [-0.05, 0) is 64.6 Å². The summed E-state index contributed by atoms with van der Waals surface area (Å²) in [4.78, 5) is 0. The average molecular weight is 429 g/mol. The fraction of sp³-hybridized carbons (Fsp3) is 0.0667. The normalized spacial score (nSPS) is 10.8. The first kappa shape index (κ1) is 14.9. The minimum Gasteiger partial charge on any atom is -0.411 e. The molecule has 21 heavy (non-hydrogen) atoms. The molecule has 0 saturated heterocycles.